The van der Waals surface area contributed by atoms with E-state index in [9.17, 15) is 9.59 Å². The molecule has 9 nitrogen and oxygen atoms in total. The van der Waals surface area contributed by atoms with Crippen LogP contribution < -0.4 is 14.9 Å². The molecule has 0 saturated carbocycles. The van der Waals surface area contributed by atoms with Gasteiger partial charge in [0.25, 0.3) is 5.91 Å². The van der Waals surface area contributed by atoms with Crippen molar-refractivity contribution in [3.8, 4) is 17.2 Å². The molecule has 1 amide bonds. The third-order valence-electron chi connectivity index (χ3n) is 5.55. The molecule has 4 aromatic rings. The first-order valence-corrected chi connectivity index (χ1v) is 11.7. The Kier molecular flexibility index (Phi) is 7.73. The number of rotatable bonds is 10. The van der Waals surface area contributed by atoms with Crippen LogP contribution in [0.15, 0.2) is 76.2 Å². The van der Waals surface area contributed by atoms with E-state index in [-0.39, 0.29) is 18.3 Å². The third-order valence-corrected chi connectivity index (χ3v) is 5.55. The van der Waals surface area contributed by atoms with Crippen molar-refractivity contribution < 1.29 is 28.6 Å². The van der Waals surface area contributed by atoms with Crippen molar-refractivity contribution in [3.05, 3.63) is 101 Å². The molecule has 9 heteroatoms. The second-order valence-electron chi connectivity index (χ2n) is 8.20. The van der Waals surface area contributed by atoms with E-state index in [1.807, 2.05) is 32.9 Å². The van der Waals surface area contributed by atoms with Gasteiger partial charge in [0, 0.05) is 22.6 Å². The lowest BCUT2D eigenvalue weighted by atomic mass is 10.2. The summed E-state index contributed by atoms with van der Waals surface area (Å²) >= 11 is 0. The number of hydrazone groups is 1. The smallest absolute Gasteiger partial charge is 0.371 e. The fraction of sp³-hybridized carbons (Fsp3) is 0.179. The normalized spacial score (nSPS) is 11.0. The Hall–Kier alpha value is -4.79. The van der Waals surface area contributed by atoms with Gasteiger partial charge in [0.2, 0.25) is 5.76 Å². The monoisotopic (exact) mass is 501 g/mol. The van der Waals surface area contributed by atoms with Crippen molar-refractivity contribution in [2.24, 2.45) is 5.10 Å². The molecule has 0 unspecified atom stereocenters. The minimum absolute atomic E-state index is 0.0408. The van der Waals surface area contributed by atoms with Crippen molar-refractivity contribution in [2.45, 2.75) is 27.4 Å². The number of hydrogen-bond donors (Lipinski definition) is 2. The third kappa shape index (κ3) is 6.07. The van der Waals surface area contributed by atoms with Gasteiger partial charge in [-0.05, 0) is 93.1 Å². The molecule has 0 fully saturated rings. The molecule has 0 aliphatic heterocycles. The number of benzene rings is 2. The molecule has 0 spiro atoms. The van der Waals surface area contributed by atoms with Crippen LogP contribution in [-0.2, 0) is 6.61 Å². The minimum Gasteiger partial charge on any atom is -0.490 e. The molecule has 190 valence electrons. The summed E-state index contributed by atoms with van der Waals surface area (Å²) in [5.41, 5.74) is 6.95. The molecule has 0 saturated heterocycles. The first kappa shape index (κ1) is 25.3. The number of nitrogens with one attached hydrogen (secondary N) is 1. The van der Waals surface area contributed by atoms with Crippen molar-refractivity contribution in [1.29, 1.82) is 0 Å². The summed E-state index contributed by atoms with van der Waals surface area (Å²) < 4.78 is 18.7. The molecular formula is C28H27N3O6. The maximum Gasteiger partial charge on any atom is 0.371 e. The summed E-state index contributed by atoms with van der Waals surface area (Å²) in [4.78, 5) is 23.5. The second kappa shape index (κ2) is 11.3. The van der Waals surface area contributed by atoms with Gasteiger partial charge in [-0.15, -0.1) is 0 Å². The first-order chi connectivity index (χ1) is 17.9. The first-order valence-electron chi connectivity index (χ1n) is 11.7. The van der Waals surface area contributed by atoms with Crippen molar-refractivity contribution in [2.75, 3.05) is 6.61 Å². The highest BCUT2D eigenvalue weighted by Crippen LogP contribution is 2.29. The van der Waals surface area contributed by atoms with Crippen LogP contribution in [0.25, 0.3) is 5.69 Å². The lowest BCUT2D eigenvalue weighted by Crippen LogP contribution is -2.17. The number of carboxylic acid groups (broad SMARTS) is 1. The average molecular weight is 502 g/mol. The van der Waals surface area contributed by atoms with Crippen LogP contribution in [-0.4, -0.2) is 34.4 Å². The summed E-state index contributed by atoms with van der Waals surface area (Å²) in [6.45, 7) is 6.37. The molecule has 0 bridgehead atoms. The zero-order chi connectivity index (χ0) is 26.4. The van der Waals surface area contributed by atoms with Crippen molar-refractivity contribution >= 4 is 18.1 Å². The van der Waals surface area contributed by atoms with Gasteiger partial charge < -0.3 is 23.6 Å². The molecule has 0 radical (unpaired) electrons. The van der Waals surface area contributed by atoms with E-state index in [1.54, 1.807) is 36.4 Å². The maximum atomic E-state index is 12.5. The van der Waals surface area contributed by atoms with E-state index in [2.05, 4.69) is 27.2 Å². The van der Waals surface area contributed by atoms with Gasteiger partial charge in [0.05, 0.1) is 12.8 Å². The molecule has 2 N–H and O–H groups in total. The molecule has 2 aromatic carbocycles. The average Bonchev–Trinajstić information content (AvgIpc) is 3.50. The maximum absolute atomic E-state index is 12.5. The number of aryl methyl sites for hydroxylation is 2. The summed E-state index contributed by atoms with van der Waals surface area (Å²) in [6.07, 6.45) is 1.51. The number of aromatic nitrogens is 1. The van der Waals surface area contributed by atoms with E-state index in [0.717, 1.165) is 17.1 Å². The van der Waals surface area contributed by atoms with Crippen molar-refractivity contribution in [1.82, 2.24) is 9.99 Å². The second-order valence-corrected chi connectivity index (χ2v) is 8.20. The van der Waals surface area contributed by atoms with Gasteiger partial charge >= 0.3 is 5.97 Å². The number of furan rings is 1. The predicted octanol–water partition coefficient (Wildman–Crippen LogP) is 5.13. The van der Waals surface area contributed by atoms with Crippen LogP contribution in [0, 0.1) is 13.8 Å². The number of amides is 1. The number of hydrogen-bond acceptors (Lipinski definition) is 6. The predicted molar refractivity (Wildman–Crippen MR) is 138 cm³/mol. The quantitative estimate of drug-likeness (QED) is 0.230. The topological polar surface area (TPSA) is 115 Å². The summed E-state index contributed by atoms with van der Waals surface area (Å²) in [6, 6.07) is 19.5. The van der Waals surface area contributed by atoms with Gasteiger partial charge in [-0.25, -0.2) is 10.2 Å². The Morgan fingerprint density at radius 2 is 1.70 bits per heavy atom. The fourth-order valence-electron chi connectivity index (χ4n) is 3.78. The lowest BCUT2D eigenvalue weighted by molar-refractivity contribution is 0.0657. The van der Waals surface area contributed by atoms with E-state index < -0.39 is 5.97 Å². The van der Waals surface area contributed by atoms with Crippen LogP contribution in [0.1, 0.15) is 50.5 Å². The standard InChI is InChI=1S/C28H27N3O6/c1-4-35-26-15-20(7-13-24(26)36-17-23-12-14-25(37-23)28(33)34)16-29-30-27(32)21-8-10-22(11-9-21)31-18(2)5-6-19(31)3/h5-16H,4,17H2,1-3H3,(H,30,32)(H,33,34). The van der Waals surface area contributed by atoms with E-state index in [1.165, 1.54) is 12.3 Å². The number of carbonyl (C=O) groups is 2. The summed E-state index contributed by atoms with van der Waals surface area (Å²) in [5, 5.41) is 13.0. The highest BCUT2D eigenvalue weighted by Gasteiger charge is 2.12. The number of carbonyl (C=O) groups excluding carboxylic acids is 1. The van der Waals surface area contributed by atoms with Gasteiger partial charge in [0.15, 0.2) is 11.5 Å². The molecule has 0 atom stereocenters. The zero-order valence-electron chi connectivity index (χ0n) is 20.7. The Bertz CT molecular complexity index is 1410. The highest BCUT2D eigenvalue weighted by atomic mass is 16.5. The van der Waals surface area contributed by atoms with Crippen LogP contribution >= 0.6 is 0 Å². The number of nitrogens with zero attached hydrogens (tertiary/aromatic N) is 2. The fourth-order valence-corrected chi connectivity index (χ4v) is 3.78. The largest absolute Gasteiger partial charge is 0.490 e. The van der Waals surface area contributed by atoms with Crippen LogP contribution in [0.3, 0.4) is 0 Å². The lowest BCUT2D eigenvalue weighted by Gasteiger charge is -2.12. The van der Waals surface area contributed by atoms with Crippen LogP contribution in [0.5, 0.6) is 11.5 Å². The Morgan fingerprint density at radius 1 is 0.973 bits per heavy atom. The van der Waals surface area contributed by atoms with Crippen LogP contribution in [0.2, 0.25) is 0 Å². The molecule has 4 rings (SSSR count). The summed E-state index contributed by atoms with van der Waals surface area (Å²) in [7, 11) is 0. The SMILES string of the molecule is CCOc1cc(C=NNC(=O)c2ccc(-n3c(C)ccc3C)cc2)ccc1OCc1ccc(C(=O)O)o1. The van der Waals surface area contributed by atoms with Gasteiger partial charge in [0.1, 0.15) is 12.4 Å². The van der Waals surface area contributed by atoms with E-state index in [4.69, 9.17) is 19.0 Å². The summed E-state index contributed by atoms with van der Waals surface area (Å²) in [5.74, 6) is -0.304. The molecular weight excluding hydrogens is 474 g/mol. The van der Waals surface area contributed by atoms with Gasteiger partial charge in [-0.1, -0.05) is 0 Å². The molecule has 0 aliphatic carbocycles. The molecule has 0 aliphatic rings. The van der Waals surface area contributed by atoms with E-state index in [0.29, 0.717) is 35.0 Å². The zero-order valence-corrected chi connectivity index (χ0v) is 20.7. The molecule has 2 heterocycles. The van der Waals surface area contributed by atoms with Gasteiger partial charge in [-0.3, -0.25) is 4.79 Å². The number of carboxylic acids is 1. The highest BCUT2D eigenvalue weighted by molar-refractivity contribution is 5.95. The number of ether oxygens (including phenoxy) is 2. The molecule has 2 aromatic heterocycles. The molecule has 37 heavy (non-hydrogen) atoms. The Balaban J connectivity index is 1.38. The Labute approximate surface area is 213 Å². The van der Waals surface area contributed by atoms with E-state index >= 15 is 0 Å². The minimum atomic E-state index is -1.14. The van der Waals surface area contributed by atoms with Gasteiger partial charge in [-0.2, -0.15) is 5.10 Å². The Morgan fingerprint density at radius 3 is 2.35 bits per heavy atom. The van der Waals surface area contributed by atoms with Crippen molar-refractivity contribution in [3.63, 3.8) is 0 Å². The van der Waals surface area contributed by atoms with Crippen LogP contribution in [0.4, 0.5) is 0 Å². The number of aromatic carboxylic acids is 1.